The van der Waals surface area contributed by atoms with Crippen LogP contribution in [-0.2, 0) is 0 Å². The fraction of sp³-hybridized carbons (Fsp3) is 0.500. The molecule has 1 aromatic rings. The standard InChI is InChI=1S/C16H20N2O2/c1-12-10-13-4-5-14(18(19)20)11-16(13)15(12)6-9-17-7-2-3-8-17/h4-5,10-11,15H,2-3,6-9H2,1H3. The lowest BCUT2D eigenvalue weighted by atomic mass is 9.92. The Bertz CT molecular complexity index is 560. The maximum absolute atomic E-state index is 10.9. The van der Waals surface area contributed by atoms with E-state index in [1.165, 1.54) is 31.5 Å². The average Bonchev–Trinajstić information content (AvgIpc) is 3.02. The molecule has 1 atom stereocenters. The van der Waals surface area contributed by atoms with Crippen LogP contribution in [0.4, 0.5) is 5.69 Å². The minimum Gasteiger partial charge on any atom is -0.303 e. The Morgan fingerprint density at radius 2 is 2.10 bits per heavy atom. The zero-order valence-corrected chi connectivity index (χ0v) is 11.8. The van der Waals surface area contributed by atoms with Crippen LogP contribution in [0.25, 0.3) is 6.08 Å². The summed E-state index contributed by atoms with van der Waals surface area (Å²) in [6, 6.07) is 5.25. The Hall–Kier alpha value is -1.68. The third kappa shape index (κ3) is 2.48. The Morgan fingerprint density at radius 1 is 1.35 bits per heavy atom. The maximum atomic E-state index is 10.9. The van der Waals surface area contributed by atoms with Gasteiger partial charge in [0, 0.05) is 18.1 Å². The van der Waals surface area contributed by atoms with E-state index in [9.17, 15) is 10.1 Å². The number of likely N-dealkylation sites (tertiary alicyclic amines) is 1. The predicted molar refractivity (Wildman–Crippen MR) is 79.8 cm³/mol. The molecule has 1 aliphatic carbocycles. The smallest absolute Gasteiger partial charge is 0.269 e. The fourth-order valence-corrected chi connectivity index (χ4v) is 3.40. The molecule has 0 amide bonds. The molecule has 1 saturated heterocycles. The van der Waals surface area contributed by atoms with Gasteiger partial charge < -0.3 is 4.90 Å². The van der Waals surface area contributed by atoms with Crippen LogP contribution in [0.15, 0.2) is 23.8 Å². The number of allylic oxidation sites excluding steroid dienone is 1. The number of benzene rings is 1. The molecule has 4 heteroatoms. The highest BCUT2D eigenvalue weighted by atomic mass is 16.6. The van der Waals surface area contributed by atoms with E-state index in [0.717, 1.165) is 24.1 Å². The van der Waals surface area contributed by atoms with Gasteiger partial charge in [-0.1, -0.05) is 11.6 Å². The number of nitro benzene ring substituents is 1. The quantitative estimate of drug-likeness (QED) is 0.621. The number of rotatable bonds is 4. The first-order valence-corrected chi connectivity index (χ1v) is 7.34. The number of nitro groups is 1. The first-order valence-electron chi connectivity index (χ1n) is 7.34. The molecule has 4 nitrogen and oxygen atoms in total. The molecule has 0 aromatic heterocycles. The maximum Gasteiger partial charge on any atom is 0.269 e. The first kappa shape index (κ1) is 13.3. The molecule has 20 heavy (non-hydrogen) atoms. The summed E-state index contributed by atoms with van der Waals surface area (Å²) in [5, 5.41) is 10.9. The third-order valence-corrected chi connectivity index (χ3v) is 4.52. The minimum atomic E-state index is -0.300. The molecule has 1 aliphatic heterocycles. The molecule has 0 radical (unpaired) electrons. The van der Waals surface area contributed by atoms with E-state index >= 15 is 0 Å². The Balaban J connectivity index is 1.77. The van der Waals surface area contributed by atoms with E-state index < -0.39 is 0 Å². The molecule has 1 heterocycles. The lowest BCUT2D eigenvalue weighted by Gasteiger charge is -2.19. The van der Waals surface area contributed by atoms with Crippen molar-refractivity contribution in [1.29, 1.82) is 0 Å². The van der Waals surface area contributed by atoms with Crippen LogP contribution < -0.4 is 0 Å². The number of hydrogen-bond acceptors (Lipinski definition) is 3. The van der Waals surface area contributed by atoms with E-state index in [-0.39, 0.29) is 10.6 Å². The van der Waals surface area contributed by atoms with E-state index in [4.69, 9.17) is 0 Å². The van der Waals surface area contributed by atoms with Crippen LogP contribution in [0.5, 0.6) is 0 Å². The van der Waals surface area contributed by atoms with E-state index in [2.05, 4.69) is 17.9 Å². The summed E-state index contributed by atoms with van der Waals surface area (Å²) in [6.45, 7) is 5.65. The van der Waals surface area contributed by atoms with Crippen molar-refractivity contribution in [3.05, 3.63) is 45.0 Å². The molecule has 106 valence electrons. The average molecular weight is 272 g/mol. The van der Waals surface area contributed by atoms with Crippen LogP contribution in [0.2, 0.25) is 0 Å². The second kappa shape index (κ2) is 5.37. The van der Waals surface area contributed by atoms with Crippen molar-refractivity contribution in [1.82, 2.24) is 4.90 Å². The number of hydrogen-bond donors (Lipinski definition) is 0. The van der Waals surface area contributed by atoms with Crippen molar-refractivity contribution < 1.29 is 4.92 Å². The topological polar surface area (TPSA) is 46.4 Å². The van der Waals surface area contributed by atoms with Gasteiger partial charge in [0.1, 0.15) is 0 Å². The summed E-state index contributed by atoms with van der Waals surface area (Å²) in [5.41, 5.74) is 3.83. The monoisotopic (exact) mass is 272 g/mol. The molecule has 1 fully saturated rings. The van der Waals surface area contributed by atoms with Gasteiger partial charge in [0.05, 0.1) is 4.92 Å². The number of non-ortho nitro benzene ring substituents is 1. The molecular weight excluding hydrogens is 252 g/mol. The molecule has 2 aliphatic rings. The van der Waals surface area contributed by atoms with Crippen molar-refractivity contribution in [2.45, 2.75) is 32.1 Å². The highest BCUT2D eigenvalue weighted by Crippen LogP contribution is 2.40. The first-order chi connectivity index (χ1) is 9.65. The SMILES string of the molecule is CC1=Cc2ccc([N+](=O)[O-])cc2C1CCN1CCCC1. The zero-order chi connectivity index (χ0) is 14.1. The Morgan fingerprint density at radius 3 is 2.80 bits per heavy atom. The summed E-state index contributed by atoms with van der Waals surface area (Å²) < 4.78 is 0. The lowest BCUT2D eigenvalue weighted by molar-refractivity contribution is -0.384. The predicted octanol–water partition coefficient (Wildman–Crippen LogP) is 3.58. The van der Waals surface area contributed by atoms with Crippen LogP contribution in [0.1, 0.15) is 43.2 Å². The lowest BCUT2D eigenvalue weighted by Crippen LogP contribution is -2.22. The van der Waals surface area contributed by atoms with Crippen LogP contribution in [0, 0.1) is 10.1 Å². The molecule has 1 aromatic carbocycles. The molecule has 3 rings (SSSR count). The summed E-state index contributed by atoms with van der Waals surface area (Å²) in [5.74, 6) is 0.352. The van der Waals surface area contributed by atoms with Gasteiger partial charge in [-0.2, -0.15) is 0 Å². The van der Waals surface area contributed by atoms with Crippen LogP contribution in [0.3, 0.4) is 0 Å². The van der Waals surface area contributed by atoms with Crippen molar-refractivity contribution in [2.24, 2.45) is 0 Å². The largest absolute Gasteiger partial charge is 0.303 e. The van der Waals surface area contributed by atoms with Crippen molar-refractivity contribution >= 4 is 11.8 Å². The van der Waals surface area contributed by atoms with Gasteiger partial charge in [-0.25, -0.2) is 0 Å². The molecule has 1 unspecified atom stereocenters. The number of fused-ring (bicyclic) bond motifs is 1. The zero-order valence-electron chi connectivity index (χ0n) is 11.8. The van der Waals surface area contributed by atoms with E-state index in [0.29, 0.717) is 5.92 Å². The van der Waals surface area contributed by atoms with Gasteiger partial charge >= 0.3 is 0 Å². The summed E-state index contributed by atoms with van der Waals surface area (Å²) in [7, 11) is 0. The van der Waals surface area contributed by atoms with Crippen molar-refractivity contribution in [2.75, 3.05) is 19.6 Å². The Kier molecular flexibility index (Phi) is 3.57. The van der Waals surface area contributed by atoms with E-state index in [1.54, 1.807) is 12.1 Å². The summed E-state index contributed by atoms with van der Waals surface area (Å²) in [4.78, 5) is 13.1. The summed E-state index contributed by atoms with van der Waals surface area (Å²) >= 11 is 0. The van der Waals surface area contributed by atoms with Gasteiger partial charge in [0.15, 0.2) is 0 Å². The second-order valence-corrected chi connectivity index (χ2v) is 5.85. The molecule has 0 bridgehead atoms. The van der Waals surface area contributed by atoms with Crippen molar-refractivity contribution in [3.8, 4) is 0 Å². The van der Waals surface area contributed by atoms with Crippen LogP contribution >= 0.6 is 0 Å². The summed E-state index contributed by atoms with van der Waals surface area (Å²) in [6.07, 6.45) is 5.85. The highest BCUT2D eigenvalue weighted by Gasteiger charge is 2.25. The Labute approximate surface area is 119 Å². The molecule has 0 spiro atoms. The molecular formula is C16H20N2O2. The van der Waals surface area contributed by atoms with Gasteiger partial charge in [-0.15, -0.1) is 0 Å². The third-order valence-electron chi connectivity index (χ3n) is 4.52. The van der Waals surface area contributed by atoms with Gasteiger partial charge in [-0.3, -0.25) is 10.1 Å². The highest BCUT2D eigenvalue weighted by molar-refractivity contribution is 5.67. The molecule has 0 saturated carbocycles. The fourth-order valence-electron chi connectivity index (χ4n) is 3.40. The second-order valence-electron chi connectivity index (χ2n) is 5.85. The van der Waals surface area contributed by atoms with E-state index in [1.807, 2.05) is 6.07 Å². The van der Waals surface area contributed by atoms with Crippen molar-refractivity contribution in [3.63, 3.8) is 0 Å². The van der Waals surface area contributed by atoms with Gasteiger partial charge in [-0.05, 0) is 63.0 Å². The van der Waals surface area contributed by atoms with Crippen LogP contribution in [-0.4, -0.2) is 29.5 Å². The van der Waals surface area contributed by atoms with Gasteiger partial charge in [0.2, 0.25) is 0 Å². The van der Waals surface area contributed by atoms with Gasteiger partial charge in [0.25, 0.3) is 5.69 Å². The number of nitrogens with zero attached hydrogens (tertiary/aromatic N) is 2. The molecule has 0 N–H and O–H groups in total. The minimum absolute atomic E-state index is 0.207. The normalized spacial score (nSPS) is 21.9.